The summed E-state index contributed by atoms with van der Waals surface area (Å²) < 4.78 is 5.81. The average Bonchev–Trinajstić information content (AvgIpc) is 2.61. The molecule has 0 aromatic carbocycles. The molecule has 2 nitrogen and oxygen atoms in total. The zero-order valence-electron chi connectivity index (χ0n) is 9.38. The molecule has 0 saturated carbocycles. The molecule has 4 heteroatoms. The van der Waals surface area contributed by atoms with Gasteiger partial charge < -0.3 is 4.43 Å². The molecular formula is C11H16ClNOSi. The quantitative estimate of drug-likeness (QED) is 0.560. The number of alkyl halides is 1. The van der Waals surface area contributed by atoms with Crippen LogP contribution in [0.5, 0.6) is 0 Å². The molecule has 0 aromatic heterocycles. The normalized spacial score (nSPS) is 18.1. The zero-order chi connectivity index (χ0) is 11.5. The topological polar surface area (TPSA) is 33.0 Å². The maximum absolute atomic E-state index is 9.07. The van der Waals surface area contributed by atoms with Crippen LogP contribution in [0.15, 0.2) is 23.3 Å². The Labute approximate surface area is 97.3 Å². The van der Waals surface area contributed by atoms with Crippen molar-refractivity contribution in [2.24, 2.45) is 0 Å². The molecule has 15 heavy (non-hydrogen) atoms. The second kappa shape index (κ2) is 4.98. The van der Waals surface area contributed by atoms with Crippen molar-refractivity contribution in [1.29, 1.82) is 5.26 Å². The number of allylic oxidation sites excluding steroid dienone is 3. The fraction of sp³-hybridized carbons (Fsp3) is 0.545. The molecule has 1 rings (SSSR count). The van der Waals surface area contributed by atoms with E-state index in [4.69, 9.17) is 21.3 Å². The second-order valence-corrected chi connectivity index (χ2v) is 9.28. The number of hydrogen-bond acceptors (Lipinski definition) is 2. The minimum atomic E-state index is -1.87. The highest BCUT2D eigenvalue weighted by Gasteiger charge is 2.28. The van der Waals surface area contributed by atoms with Crippen molar-refractivity contribution in [2.45, 2.75) is 32.5 Å². The van der Waals surface area contributed by atoms with E-state index >= 15 is 0 Å². The Morgan fingerprint density at radius 1 is 1.60 bits per heavy atom. The molecular weight excluding hydrogens is 226 g/mol. The van der Waals surface area contributed by atoms with Crippen LogP contribution in [0.1, 0.15) is 13.3 Å². The van der Waals surface area contributed by atoms with E-state index in [1.807, 2.05) is 25.2 Å². The van der Waals surface area contributed by atoms with Crippen molar-refractivity contribution in [2.75, 3.05) is 5.50 Å². The van der Waals surface area contributed by atoms with E-state index in [1.54, 1.807) is 0 Å². The van der Waals surface area contributed by atoms with Crippen LogP contribution in [0.3, 0.4) is 0 Å². The molecule has 0 bridgehead atoms. The first-order chi connectivity index (χ1) is 6.98. The van der Waals surface area contributed by atoms with Crippen LogP contribution in [-0.4, -0.2) is 19.9 Å². The Morgan fingerprint density at radius 2 is 2.27 bits per heavy atom. The van der Waals surface area contributed by atoms with Gasteiger partial charge in [0.2, 0.25) is 8.32 Å². The fourth-order valence-corrected chi connectivity index (χ4v) is 2.50. The first-order valence-corrected chi connectivity index (χ1v) is 8.63. The third-order valence-electron chi connectivity index (χ3n) is 2.28. The van der Waals surface area contributed by atoms with E-state index in [-0.39, 0.29) is 0 Å². The van der Waals surface area contributed by atoms with Gasteiger partial charge in [-0.1, -0.05) is 17.7 Å². The summed E-state index contributed by atoms with van der Waals surface area (Å²) in [6, 6.07) is 2.21. The Hall–Kier alpha value is -0.563. The maximum atomic E-state index is 9.07. The fourth-order valence-electron chi connectivity index (χ4n) is 1.40. The summed E-state index contributed by atoms with van der Waals surface area (Å²) >= 11 is 5.82. The third kappa shape index (κ3) is 3.49. The van der Waals surface area contributed by atoms with Crippen LogP contribution in [-0.2, 0) is 4.43 Å². The Morgan fingerprint density at radius 3 is 2.67 bits per heavy atom. The van der Waals surface area contributed by atoms with Crippen LogP contribution >= 0.6 is 11.6 Å². The second-order valence-electron chi connectivity index (χ2n) is 4.45. The third-order valence-corrected chi connectivity index (χ3v) is 5.73. The van der Waals surface area contributed by atoms with Gasteiger partial charge in [-0.3, -0.25) is 0 Å². The van der Waals surface area contributed by atoms with Gasteiger partial charge in [0.25, 0.3) is 0 Å². The Balaban J connectivity index is 2.64. The molecule has 1 aliphatic rings. The summed E-state index contributed by atoms with van der Waals surface area (Å²) in [7, 11) is -1.87. The molecule has 0 amide bonds. The van der Waals surface area contributed by atoms with Crippen molar-refractivity contribution >= 4 is 19.9 Å². The molecule has 0 N–H and O–H groups in total. The average molecular weight is 242 g/mol. The van der Waals surface area contributed by atoms with Crippen LogP contribution in [0.2, 0.25) is 13.1 Å². The summed E-state index contributed by atoms with van der Waals surface area (Å²) in [6.07, 6.45) is 4.46. The number of halogens is 1. The Kier molecular flexibility index (Phi) is 4.15. The lowest BCUT2D eigenvalue weighted by Crippen LogP contribution is -2.38. The largest absolute Gasteiger partial charge is 0.397 e. The summed E-state index contributed by atoms with van der Waals surface area (Å²) in [5.74, 6) is 0. The number of nitrogens with zero attached hydrogens (tertiary/aromatic N) is 1. The van der Waals surface area contributed by atoms with Crippen LogP contribution in [0.25, 0.3) is 0 Å². The van der Waals surface area contributed by atoms with E-state index in [0.717, 1.165) is 12.0 Å². The molecule has 0 aliphatic heterocycles. The van der Waals surface area contributed by atoms with Crippen molar-refractivity contribution in [3.05, 3.63) is 23.3 Å². The molecule has 1 unspecified atom stereocenters. The smallest absolute Gasteiger partial charge is 0.203 e. The van der Waals surface area contributed by atoms with E-state index < -0.39 is 14.4 Å². The molecule has 1 aliphatic carbocycles. The van der Waals surface area contributed by atoms with E-state index in [1.165, 1.54) is 5.57 Å². The predicted molar refractivity (Wildman–Crippen MR) is 65.1 cm³/mol. The molecule has 82 valence electrons. The maximum Gasteiger partial charge on any atom is 0.203 e. The highest BCUT2D eigenvalue weighted by molar-refractivity contribution is 6.77. The lowest BCUT2D eigenvalue weighted by molar-refractivity contribution is 0.281. The van der Waals surface area contributed by atoms with Gasteiger partial charge in [0.05, 0.1) is 6.07 Å². The monoisotopic (exact) mass is 241 g/mol. The van der Waals surface area contributed by atoms with Gasteiger partial charge in [0.15, 0.2) is 6.10 Å². The molecule has 0 radical (unpaired) electrons. The molecule has 0 spiro atoms. The summed E-state index contributed by atoms with van der Waals surface area (Å²) in [6.45, 7) is 6.11. The highest BCUT2D eigenvalue weighted by Crippen LogP contribution is 2.25. The van der Waals surface area contributed by atoms with Gasteiger partial charge in [-0.05, 0) is 32.0 Å². The van der Waals surface area contributed by atoms with Crippen molar-refractivity contribution in [1.82, 2.24) is 0 Å². The van der Waals surface area contributed by atoms with Crippen LogP contribution in [0, 0.1) is 11.3 Å². The van der Waals surface area contributed by atoms with E-state index in [0.29, 0.717) is 5.50 Å². The van der Waals surface area contributed by atoms with Gasteiger partial charge in [0, 0.05) is 5.50 Å². The number of rotatable bonds is 4. The van der Waals surface area contributed by atoms with Gasteiger partial charge in [-0.15, -0.1) is 11.6 Å². The molecule has 0 saturated heterocycles. The lowest BCUT2D eigenvalue weighted by Gasteiger charge is -2.24. The standard InChI is InChI=1S/C11H16ClNOSi/c1-9-4-5-10(6-9)11(7-13)14-15(2,3)8-12/h4-5,11H,6,8H2,1-3H3. The van der Waals surface area contributed by atoms with Gasteiger partial charge >= 0.3 is 0 Å². The van der Waals surface area contributed by atoms with E-state index in [9.17, 15) is 0 Å². The first-order valence-electron chi connectivity index (χ1n) is 4.98. The molecule has 0 aromatic rings. The van der Waals surface area contributed by atoms with Crippen LogP contribution in [0.4, 0.5) is 0 Å². The van der Waals surface area contributed by atoms with Crippen LogP contribution < -0.4 is 0 Å². The van der Waals surface area contributed by atoms with Gasteiger partial charge in [-0.25, -0.2) is 0 Å². The predicted octanol–water partition coefficient (Wildman–Crippen LogP) is 3.15. The number of nitriles is 1. The van der Waals surface area contributed by atoms with E-state index in [2.05, 4.69) is 13.0 Å². The minimum absolute atomic E-state index is 0.417. The zero-order valence-corrected chi connectivity index (χ0v) is 11.1. The summed E-state index contributed by atoms with van der Waals surface area (Å²) in [4.78, 5) is 0. The molecule has 0 heterocycles. The van der Waals surface area contributed by atoms with Gasteiger partial charge in [-0.2, -0.15) is 5.26 Å². The first kappa shape index (κ1) is 12.5. The molecule has 0 fully saturated rings. The highest BCUT2D eigenvalue weighted by atomic mass is 35.5. The van der Waals surface area contributed by atoms with Crippen molar-refractivity contribution < 1.29 is 4.43 Å². The minimum Gasteiger partial charge on any atom is -0.397 e. The summed E-state index contributed by atoms with van der Waals surface area (Å²) in [5, 5.41) is 9.07. The van der Waals surface area contributed by atoms with Gasteiger partial charge in [0.1, 0.15) is 0 Å². The Bertz CT molecular complexity index is 341. The summed E-state index contributed by atoms with van der Waals surface area (Å²) in [5.41, 5.74) is 2.85. The number of hydrogen-bond donors (Lipinski definition) is 0. The molecule has 1 atom stereocenters. The van der Waals surface area contributed by atoms with Crippen molar-refractivity contribution in [3.8, 4) is 6.07 Å². The SMILES string of the molecule is CC1=CC=C(C(C#N)O[Si](C)(C)CCl)C1. The lowest BCUT2D eigenvalue weighted by atomic mass is 10.1. The van der Waals surface area contributed by atoms with Crippen molar-refractivity contribution in [3.63, 3.8) is 0 Å².